The summed E-state index contributed by atoms with van der Waals surface area (Å²) in [6.07, 6.45) is 7.29. The molecule has 1 N–H and O–H groups in total. The van der Waals surface area contributed by atoms with E-state index in [-0.39, 0.29) is 0 Å². The highest BCUT2D eigenvalue weighted by molar-refractivity contribution is 4.88. The molecule has 1 saturated heterocycles. The molecule has 0 aromatic heterocycles. The minimum Gasteiger partial charge on any atom is -0.312 e. The van der Waals surface area contributed by atoms with Gasteiger partial charge in [0.05, 0.1) is 0 Å². The van der Waals surface area contributed by atoms with Gasteiger partial charge in [-0.1, -0.05) is 19.3 Å². The second-order valence-electron chi connectivity index (χ2n) is 3.62. The largest absolute Gasteiger partial charge is 0.312 e. The van der Waals surface area contributed by atoms with Crippen LogP contribution in [0.2, 0.25) is 0 Å². The smallest absolute Gasteiger partial charge is 0.0254 e. The highest BCUT2D eigenvalue weighted by Gasteiger charge is 2.27. The van der Waals surface area contributed by atoms with Gasteiger partial charge < -0.3 is 5.32 Å². The molecule has 57 valence electrons. The molecule has 0 amide bonds. The molecule has 1 aliphatic heterocycles. The summed E-state index contributed by atoms with van der Waals surface area (Å²) >= 11 is 0. The average Bonchev–Trinajstić information content (AvgIpc) is 2.05. The van der Waals surface area contributed by atoms with Crippen LogP contribution in [0.4, 0.5) is 0 Å². The fourth-order valence-corrected chi connectivity index (χ4v) is 2.32. The Morgan fingerprint density at radius 3 is 2.90 bits per heavy atom. The monoisotopic (exact) mass is 138 g/mol. The van der Waals surface area contributed by atoms with Crippen LogP contribution in [0.1, 0.15) is 32.1 Å². The van der Waals surface area contributed by atoms with E-state index in [1.165, 1.54) is 38.6 Å². The van der Waals surface area contributed by atoms with Gasteiger partial charge in [-0.2, -0.15) is 0 Å². The number of piperidine rings is 1. The molecular formula is C9H16N. The molecule has 0 spiro atoms. The van der Waals surface area contributed by atoms with Gasteiger partial charge in [0, 0.05) is 6.54 Å². The SMILES string of the molecule is [CH]1NCC[C@@H]2CCCC[C@@H]12. The Balaban J connectivity index is 1.93. The molecule has 0 unspecified atom stereocenters. The van der Waals surface area contributed by atoms with Crippen molar-refractivity contribution in [1.29, 1.82) is 0 Å². The minimum atomic E-state index is 0.919. The predicted molar refractivity (Wildman–Crippen MR) is 42.4 cm³/mol. The number of hydrogen-bond acceptors (Lipinski definition) is 1. The van der Waals surface area contributed by atoms with Crippen LogP contribution >= 0.6 is 0 Å². The number of fused-ring (bicyclic) bond motifs is 1. The third kappa shape index (κ3) is 1.20. The molecule has 0 aromatic rings. The van der Waals surface area contributed by atoms with Gasteiger partial charge >= 0.3 is 0 Å². The first-order chi connectivity index (χ1) is 4.97. The predicted octanol–water partition coefficient (Wildman–Crippen LogP) is 1.95. The van der Waals surface area contributed by atoms with Gasteiger partial charge in [-0.15, -0.1) is 0 Å². The topological polar surface area (TPSA) is 12.0 Å². The van der Waals surface area contributed by atoms with Crippen LogP contribution in [0, 0.1) is 18.4 Å². The van der Waals surface area contributed by atoms with Crippen molar-refractivity contribution >= 4 is 0 Å². The summed E-state index contributed by atoms with van der Waals surface area (Å²) in [5.74, 6) is 1.96. The summed E-state index contributed by atoms with van der Waals surface area (Å²) in [6, 6.07) is 0. The minimum absolute atomic E-state index is 0.919. The summed E-state index contributed by atoms with van der Waals surface area (Å²) in [6.45, 7) is 3.56. The van der Waals surface area contributed by atoms with Gasteiger partial charge in [0.2, 0.25) is 0 Å². The van der Waals surface area contributed by atoms with E-state index in [4.69, 9.17) is 0 Å². The highest BCUT2D eigenvalue weighted by Crippen LogP contribution is 2.34. The van der Waals surface area contributed by atoms with Crippen molar-refractivity contribution in [2.75, 3.05) is 6.54 Å². The number of hydrogen-bond donors (Lipinski definition) is 1. The van der Waals surface area contributed by atoms with Crippen molar-refractivity contribution < 1.29 is 0 Å². The molecular weight excluding hydrogens is 122 g/mol. The van der Waals surface area contributed by atoms with E-state index in [0.717, 1.165) is 11.8 Å². The zero-order valence-electron chi connectivity index (χ0n) is 6.47. The van der Waals surface area contributed by atoms with E-state index in [1.807, 2.05) is 0 Å². The number of nitrogens with one attached hydrogen (secondary N) is 1. The summed E-state index contributed by atoms with van der Waals surface area (Å²) in [5.41, 5.74) is 0. The van der Waals surface area contributed by atoms with E-state index >= 15 is 0 Å². The second kappa shape index (κ2) is 2.91. The first-order valence-electron chi connectivity index (χ1n) is 4.53. The van der Waals surface area contributed by atoms with Crippen molar-refractivity contribution in [3.63, 3.8) is 0 Å². The lowest BCUT2D eigenvalue weighted by Crippen LogP contribution is -2.34. The lowest BCUT2D eigenvalue weighted by Gasteiger charge is -2.35. The normalized spacial score (nSPS) is 40.8. The van der Waals surface area contributed by atoms with Gasteiger partial charge in [0.15, 0.2) is 0 Å². The fraction of sp³-hybridized carbons (Fsp3) is 0.889. The van der Waals surface area contributed by atoms with Crippen LogP contribution in [-0.4, -0.2) is 6.54 Å². The molecule has 1 heterocycles. The van der Waals surface area contributed by atoms with Crippen molar-refractivity contribution in [1.82, 2.24) is 5.32 Å². The van der Waals surface area contributed by atoms with Gasteiger partial charge in [0.25, 0.3) is 0 Å². The van der Waals surface area contributed by atoms with E-state index in [2.05, 4.69) is 11.9 Å². The maximum atomic E-state index is 3.36. The maximum Gasteiger partial charge on any atom is 0.0254 e. The molecule has 0 aromatic carbocycles. The Bertz CT molecular complexity index is 85.3. The molecule has 2 rings (SSSR count). The summed E-state index contributed by atoms with van der Waals surface area (Å²) in [4.78, 5) is 0. The Hall–Kier alpha value is -0.0400. The van der Waals surface area contributed by atoms with Crippen molar-refractivity contribution in [2.45, 2.75) is 32.1 Å². The average molecular weight is 138 g/mol. The molecule has 2 fully saturated rings. The molecule has 1 radical (unpaired) electrons. The summed E-state index contributed by atoms with van der Waals surface area (Å²) in [7, 11) is 0. The lowest BCUT2D eigenvalue weighted by molar-refractivity contribution is 0.216. The third-order valence-corrected chi connectivity index (χ3v) is 2.96. The molecule has 2 atom stereocenters. The molecule has 1 nitrogen and oxygen atoms in total. The van der Waals surface area contributed by atoms with Gasteiger partial charge in [-0.05, 0) is 31.2 Å². The van der Waals surface area contributed by atoms with Crippen molar-refractivity contribution in [3.05, 3.63) is 6.54 Å². The van der Waals surface area contributed by atoms with E-state index in [1.54, 1.807) is 0 Å². The van der Waals surface area contributed by atoms with Crippen molar-refractivity contribution in [3.8, 4) is 0 Å². The standard InChI is InChI=1S/C9H16N/c1-2-4-9-7-10-6-5-8(9)3-1/h7-10H,1-6H2/t8-,9-/m0/s1. The second-order valence-corrected chi connectivity index (χ2v) is 3.62. The zero-order valence-corrected chi connectivity index (χ0v) is 6.47. The Morgan fingerprint density at radius 2 is 2.00 bits per heavy atom. The Labute approximate surface area is 63.2 Å². The molecule has 1 heteroatoms. The third-order valence-electron chi connectivity index (χ3n) is 2.96. The molecule has 2 aliphatic rings. The van der Waals surface area contributed by atoms with Crippen LogP contribution in [0.25, 0.3) is 0 Å². The van der Waals surface area contributed by atoms with Crippen LogP contribution in [0.5, 0.6) is 0 Å². The van der Waals surface area contributed by atoms with Crippen LogP contribution in [-0.2, 0) is 0 Å². The first kappa shape index (κ1) is 6.66. The molecule has 1 saturated carbocycles. The quantitative estimate of drug-likeness (QED) is 0.539. The van der Waals surface area contributed by atoms with E-state index in [0.29, 0.717) is 0 Å². The first-order valence-corrected chi connectivity index (χ1v) is 4.53. The Morgan fingerprint density at radius 1 is 1.10 bits per heavy atom. The Kier molecular flexibility index (Phi) is 1.94. The molecule has 1 aliphatic carbocycles. The van der Waals surface area contributed by atoms with Crippen LogP contribution < -0.4 is 5.32 Å². The van der Waals surface area contributed by atoms with Crippen LogP contribution in [0.3, 0.4) is 0 Å². The van der Waals surface area contributed by atoms with E-state index < -0.39 is 0 Å². The van der Waals surface area contributed by atoms with Crippen molar-refractivity contribution in [2.24, 2.45) is 11.8 Å². The fourth-order valence-electron chi connectivity index (χ4n) is 2.32. The highest BCUT2D eigenvalue weighted by atomic mass is 14.9. The number of rotatable bonds is 0. The van der Waals surface area contributed by atoms with Gasteiger partial charge in [-0.3, -0.25) is 0 Å². The summed E-state index contributed by atoms with van der Waals surface area (Å²) < 4.78 is 0. The molecule has 0 bridgehead atoms. The van der Waals surface area contributed by atoms with Gasteiger partial charge in [-0.25, -0.2) is 0 Å². The molecule has 10 heavy (non-hydrogen) atoms. The lowest BCUT2D eigenvalue weighted by atomic mass is 9.76. The summed E-state index contributed by atoms with van der Waals surface area (Å²) in [5, 5.41) is 3.36. The van der Waals surface area contributed by atoms with Crippen LogP contribution in [0.15, 0.2) is 0 Å². The maximum absolute atomic E-state index is 3.36. The zero-order chi connectivity index (χ0) is 6.81. The van der Waals surface area contributed by atoms with Gasteiger partial charge in [0.1, 0.15) is 0 Å². The van der Waals surface area contributed by atoms with E-state index in [9.17, 15) is 0 Å².